The van der Waals surface area contributed by atoms with Crippen molar-refractivity contribution >= 4 is 39.9 Å². The van der Waals surface area contributed by atoms with Crippen LogP contribution in [0, 0.1) is 20.8 Å². The van der Waals surface area contributed by atoms with Gasteiger partial charge in [0, 0.05) is 5.56 Å². The number of nitrogens with zero attached hydrogens (tertiary/aromatic N) is 2. The first-order chi connectivity index (χ1) is 15.2. The van der Waals surface area contributed by atoms with E-state index in [2.05, 4.69) is 4.98 Å². The number of carbonyl (C=O) groups is 3. The Bertz CT molecular complexity index is 1270. The molecule has 0 radical (unpaired) electrons. The number of aromatic nitrogens is 1. The highest BCUT2D eigenvalue weighted by Crippen LogP contribution is 2.44. The molecular formula is C23H20N2O6S. The minimum atomic E-state index is -1.04. The van der Waals surface area contributed by atoms with E-state index in [0.29, 0.717) is 22.8 Å². The first-order valence-electron chi connectivity index (χ1n) is 9.73. The van der Waals surface area contributed by atoms with E-state index in [9.17, 15) is 19.5 Å². The van der Waals surface area contributed by atoms with Crippen LogP contribution in [0.3, 0.4) is 0 Å². The molecule has 0 aliphatic carbocycles. The fraction of sp³-hybridized carbons (Fsp3) is 0.217. The van der Waals surface area contributed by atoms with E-state index in [1.807, 2.05) is 6.92 Å². The van der Waals surface area contributed by atoms with Gasteiger partial charge < -0.3 is 14.3 Å². The number of hydrogen-bond donors (Lipinski definition) is 1. The molecular weight excluding hydrogens is 432 g/mol. The second kappa shape index (κ2) is 8.08. The lowest BCUT2D eigenvalue weighted by Crippen LogP contribution is -2.29. The topological polar surface area (TPSA) is 110 Å². The maximum atomic E-state index is 13.1. The van der Waals surface area contributed by atoms with Gasteiger partial charge in [0.2, 0.25) is 0 Å². The Morgan fingerprint density at radius 2 is 1.81 bits per heavy atom. The van der Waals surface area contributed by atoms with Crippen molar-refractivity contribution in [1.29, 1.82) is 0 Å². The molecule has 1 fully saturated rings. The summed E-state index contributed by atoms with van der Waals surface area (Å²) in [7, 11) is 1.25. The number of thiazole rings is 1. The van der Waals surface area contributed by atoms with E-state index in [1.54, 1.807) is 50.2 Å². The van der Waals surface area contributed by atoms with Crippen LogP contribution in [0.4, 0.5) is 5.13 Å². The molecule has 1 atom stereocenters. The zero-order valence-corrected chi connectivity index (χ0v) is 18.6. The molecule has 9 heteroatoms. The lowest BCUT2D eigenvalue weighted by Gasteiger charge is -2.20. The summed E-state index contributed by atoms with van der Waals surface area (Å²) >= 11 is 0.933. The Morgan fingerprint density at radius 3 is 2.41 bits per heavy atom. The van der Waals surface area contributed by atoms with Gasteiger partial charge in [0.1, 0.15) is 28.2 Å². The summed E-state index contributed by atoms with van der Waals surface area (Å²) in [4.78, 5) is 43.9. The third kappa shape index (κ3) is 3.50. The molecule has 0 spiro atoms. The van der Waals surface area contributed by atoms with E-state index in [-0.39, 0.29) is 21.3 Å². The van der Waals surface area contributed by atoms with Crippen molar-refractivity contribution in [1.82, 2.24) is 4.98 Å². The van der Waals surface area contributed by atoms with Gasteiger partial charge in [-0.2, -0.15) is 0 Å². The lowest BCUT2D eigenvalue weighted by atomic mass is 9.99. The molecule has 1 N–H and O–H groups in total. The number of carbonyl (C=O) groups excluding carboxylic acids is 3. The van der Waals surface area contributed by atoms with Crippen molar-refractivity contribution in [3.63, 3.8) is 0 Å². The van der Waals surface area contributed by atoms with Gasteiger partial charge in [0.05, 0.1) is 18.4 Å². The summed E-state index contributed by atoms with van der Waals surface area (Å²) < 4.78 is 10.5. The highest BCUT2D eigenvalue weighted by molar-refractivity contribution is 7.17. The number of esters is 1. The molecule has 1 aliphatic rings. The van der Waals surface area contributed by atoms with Crippen molar-refractivity contribution in [2.24, 2.45) is 0 Å². The fourth-order valence-corrected chi connectivity index (χ4v) is 4.55. The summed E-state index contributed by atoms with van der Waals surface area (Å²) in [6.45, 7) is 5.25. The normalized spacial score (nSPS) is 17.8. The number of benzene rings is 1. The van der Waals surface area contributed by atoms with Crippen molar-refractivity contribution < 1.29 is 28.6 Å². The Labute approximate surface area is 187 Å². The summed E-state index contributed by atoms with van der Waals surface area (Å²) in [6.07, 6.45) is 0. The Kier molecular flexibility index (Phi) is 5.43. The molecule has 1 unspecified atom stereocenters. The van der Waals surface area contributed by atoms with Crippen LogP contribution in [0.1, 0.15) is 44.1 Å². The van der Waals surface area contributed by atoms with Gasteiger partial charge in [-0.1, -0.05) is 41.2 Å². The molecule has 0 bridgehead atoms. The second-order valence-electron chi connectivity index (χ2n) is 7.39. The Hall–Kier alpha value is -3.72. The molecule has 8 nitrogen and oxygen atoms in total. The number of methoxy groups -OCH3 is 1. The smallest absolute Gasteiger partial charge is 0.350 e. The van der Waals surface area contributed by atoms with Gasteiger partial charge in [-0.05, 0) is 32.9 Å². The van der Waals surface area contributed by atoms with Crippen LogP contribution in [0.2, 0.25) is 0 Å². The standard InChI is InChI=1S/C23H20N2O6S/c1-11-5-8-14(9-6-11)18(26)16-17(15-10-7-12(2)31-15)25(21(28)19(16)27)23-24-13(3)20(32-23)22(29)30-4/h5-10,17,26H,1-4H3. The first kappa shape index (κ1) is 21.5. The highest BCUT2D eigenvalue weighted by Gasteiger charge is 2.49. The van der Waals surface area contributed by atoms with Gasteiger partial charge in [-0.15, -0.1) is 0 Å². The summed E-state index contributed by atoms with van der Waals surface area (Å²) in [6, 6.07) is 9.24. The van der Waals surface area contributed by atoms with E-state index >= 15 is 0 Å². The predicted molar refractivity (Wildman–Crippen MR) is 118 cm³/mol. The molecule has 1 amide bonds. The van der Waals surface area contributed by atoms with Crippen LogP contribution in [-0.4, -0.2) is 34.9 Å². The largest absolute Gasteiger partial charge is 0.507 e. The van der Waals surface area contributed by atoms with Crippen LogP contribution >= 0.6 is 11.3 Å². The molecule has 3 heterocycles. The maximum absolute atomic E-state index is 13.1. The third-order valence-corrected chi connectivity index (χ3v) is 6.30. The minimum Gasteiger partial charge on any atom is -0.507 e. The highest BCUT2D eigenvalue weighted by atomic mass is 32.1. The number of aryl methyl sites for hydroxylation is 3. The predicted octanol–water partition coefficient (Wildman–Crippen LogP) is 4.07. The maximum Gasteiger partial charge on any atom is 0.350 e. The molecule has 0 saturated carbocycles. The average Bonchev–Trinajstić information content (AvgIpc) is 3.44. The number of furan rings is 1. The quantitative estimate of drug-likeness (QED) is 0.275. The minimum absolute atomic E-state index is 0.110. The molecule has 1 aliphatic heterocycles. The molecule has 2 aromatic heterocycles. The van der Waals surface area contributed by atoms with E-state index < -0.39 is 23.7 Å². The number of Topliss-reactive ketones (excluding diaryl/α,β-unsaturated/α-hetero) is 1. The number of anilines is 1. The van der Waals surface area contributed by atoms with E-state index in [4.69, 9.17) is 9.15 Å². The van der Waals surface area contributed by atoms with Crippen LogP contribution in [-0.2, 0) is 14.3 Å². The zero-order chi connectivity index (χ0) is 23.2. The Morgan fingerprint density at radius 1 is 1.12 bits per heavy atom. The number of amides is 1. The SMILES string of the molecule is COC(=O)c1sc(N2C(=O)C(=O)C(=C(O)c3ccc(C)cc3)C2c2ccc(C)o2)nc1C. The number of ether oxygens (including phenoxy) is 1. The summed E-state index contributed by atoms with van der Waals surface area (Å²) in [5, 5.41) is 11.2. The average molecular weight is 452 g/mol. The summed E-state index contributed by atoms with van der Waals surface area (Å²) in [5.41, 5.74) is 1.63. The van der Waals surface area contributed by atoms with E-state index in [1.165, 1.54) is 7.11 Å². The van der Waals surface area contributed by atoms with Crippen LogP contribution in [0.25, 0.3) is 5.76 Å². The molecule has 164 valence electrons. The van der Waals surface area contributed by atoms with Gasteiger partial charge in [0.15, 0.2) is 5.13 Å². The van der Waals surface area contributed by atoms with Gasteiger partial charge in [-0.25, -0.2) is 9.78 Å². The van der Waals surface area contributed by atoms with Gasteiger partial charge >= 0.3 is 11.9 Å². The third-order valence-electron chi connectivity index (χ3n) is 5.16. The van der Waals surface area contributed by atoms with Crippen molar-refractivity contribution in [3.05, 3.63) is 75.2 Å². The lowest BCUT2D eigenvalue weighted by molar-refractivity contribution is -0.132. The number of aliphatic hydroxyl groups excluding tert-OH is 1. The Balaban J connectivity index is 1.92. The zero-order valence-electron chi connectivity index (χ0n) is 17.8. The van der Waals surface area contributed by atoms with Crippen LogP contribution in [0.5, 0.6) is 0 Å². The van der Waals surface area contributed by atoms with Crippen LogP contribution in [0.15, 0.2) is 46.4 Å². The number of rotatable bonds is 4. The second-order valence-corrected chi connectivity index (χ2v) is 8.36. The monoisotopic (exact) mass is 452 g/mol. The van der Waals surface area contributed by atoms with E-state index in [0.717, 1.165) is 21.8 Å². The van der Waals surface area contributed by atoms with Crippen molar-refractivity contribution in [2.75, 3.05) is 12.0 Å². The van der Waals surface area contributed by atoms with Gasteiger partial charge in [0.25, 0.3) is 5.78 Å². The van der Waals surface area contributed by atoms with Crippen molar-refractivity contribution in [3.8, 4) is 0 Å². The fourth-order valence-electron chi connectivity index (χ4n) is 3.53. The van der Waals surface area contributed by atoms with Gasteiger partial charge in [-0.3, -0.25) is 14.5 Å². The van der Waals surface area contributed by atoms with Crippen molar-refractivity contribution in [2.45, 2.75) is 26.8 Å². The molecule has 1 saturated heterocycles. The number of aliphatic hydroxyl groups is 1. The molecule has 1 aromatic carbocycles. The summed E-state index contributed by atoms with van der Waals surface area (Å²) in [5.74, 6) is -1.77. The molecule has 3 aromatic rings. The first-order valence-corrected chi connectivity index (χ1v) is 10.5. The van der Waals surface area contributed by atoms with Crippen LogP contribution < -0.4 is 4.90 Å². The molecule has 4 rings (SSSR count). The number of hydrogen-bond acceptors (Lipinski definition) is 8. The number of ketones is 1. The molecule has 32 heavy (non-hydrogen) atoms.